The van der Waals surface area contributed by atoms with Gasteiger partial charge in [0.25, 0.3) is 0 Å². The van der Waals surface area contributed by atoms with Crippen molar-refractivity contribution in [1.29, 1.82) is 0 Å². The van der Waals surface area contributed by atoms with Crippen molar-refractivity contribution in [2.45, 2.75) is 110 Å². The van der Waals surface area contributed by atoms with E-state index in [0.717, 1.165) is 0 Å². The molecule has 0 amide bonds. The van der Waals surface area contributed by atoms with Gasteiger partial charge in [-0.15, -0.1) is 0 Å². The summed E-state index contributed by atoms with van der Waals surface area (Å²) < 4.78 is 0. The van der Waals surface area contributed by atoms with Gasteiger partial charge in [-0.2, -0.15) is 0 Å². The standard InChI is InChI=1S/C20H43N/c1-4-6-8-9-10-11-12-13-14-15-16-17-18-20-21(3)19-7-5-2/h4-20H2,1-3H3. The van der Waals surface area contributed by atoms with E-state index in [2.05, 4.69) is 25.8 Å². The zero-order valence-electron chi connectivity index (χ0n) is 15.5. The van der Waals surface area contributed by atoms with Crippen molar-refractivity contribution >= 4 is 0 Å². The Kier molecular flexibility index (Phi) is 18.0. The van der Waals surface area contributed by atoms with Gasteiger partial charge in [-0.05, 0) is 33.0 Å². The molecule has 0 aliphatic carbocycles. The lowest BCUT2D eigenvalue weighted by Crippen LogP contribution is -2.20. The molecule has 0 rings (SSSR count). The number of unbranched alkanes of at least 4 members (excludes halogenated alkanes) is 13. The van der Waals surface area contributed by atoms with Gasteiger partial charge >= 0.3 is 0 Å². The van der Waals surface area contributed by atoms with Gasteiger partial charge in [0.2, 0.25) is 0 Å². The molecule has 0 fully saturated rings. The van der Waals surface area contributed by atoms with Gasteiger partial charge in [0.05, 0.1) is 0 Å². The van der Waals surface area contributed by atoms with Crippen LogP contribution < -0.4 is 0 Å². The smallest absolute Gasteiger partial charge is 0.00218 e. The second-order valence-corrected chi connectivity index (χ2v) is 6.90. The predicted molar refractivity (Wildman–Crippen MR) is 98.1 cm³/mol. The number of rotatable bonds is 17. The van der Waals surface area contributed by atoms with E-state index in [0.29, 0.717) is 0 Å². The summed E-state index contributed by atoms with van der Waals surface area (Å²) in [5, 5.41) is 0. The Morgan fingerprint density at radius 3 is 1.19 bits per heavy atom. The second kappa shape index (κ2) is 18.0. The van der Waals surface area contributed by atoms with Crippen LogP contribution in [0.5, 0.6) is 0 Å². The lowest BCUT2D eigenvalue weighted by atomic mass is 10.0. The first-order valence-corrected chi connectivity index (χ1v) is 9.99. The lowest BCUT2D eigenvalue weighted by Gasteiger charge is -2.15. The number of hydrogen-bond acceptors (Lipinski definition) is 1. The molecule has 0 atom stereocenters. The lowest BCUT2D eigenvalue weighted by molar-refractivity contribution is 0.318. The quantitative estimate of drug-likeness (QED) is 0.266. The largest absolute Gasteiger partial charge is 0.306 e. The summed E-state index contributed by atoms with van der Waals surface area (Å²) in [4.78, 5) is 2.50. The maximum atomic E-state index is 2.50. The van der Waals surface area contributed by atoms with E-state index >= 15 is 0 Å². The summed E-state index contributed by atoms with van der Waals surface area (Å²) in [5.41, 5.74) is 0. The third-order valence-corrected chi connectivity index (χ3v) is 4.54. The summed E-state index contributed by atoms with van der Waals surface area (Å²) in [6.07, 6.45) is 21.6. The summed E-state index contributed by atoms with van der Waals surface area (Å²) >= 11 is 0. The van der Waals surface area contributed by atoms with Crippen LogP contribution in [-0.2, 0) is 0 Å². The van der Waals surface area contributed by atoms with Gasteiger partial charge in [-0.25, -0.2) is 0 Å². The molecule has 21 heavy (non-hydrogen) atoms. The van der Waals surface area contributed by atoms with E-state index in [1.54, 1.807) is 0 Å². The summed E-state index contributed by atoms with van der Waals surface area (Å²) in [6, 6.07) is 0. The van der Waals surface area contributed by atoms with Crippen molar-refractivity contribution in [3.05, 3.63) is 0 Å². The minimum atomic E-state index is 1.29. The molecule has 0 heterocycles. The van der Waals surface area contributed by atoms with Crippen LogP contribution in [0.3, 0.4) is 0 Å². The average Bonchev–Trinajstić information content (AvgIpc) is 2.49. The maximum absolute atomic E-state index is 2.50. The normalized spacial score (nSPS) is 11.4. The molecule has 0 N–H and O–H groups in total. The van der Waals surface area contributed by atoms with E-state index < -0.39 is 0 Å². The fourth-order valence-corrected chi connectivity index (χ4v) is 2.94. The molecule has 0 saturated carbocycles. The Balaban J connectivity index is 3.02. The monoisotopic (exact) mass is 297 g/mol. The third-order valence-electron chi connectivity index (χ3n) is 4.54. The van der Waals surface area contributed by atoms with Crippen LogP contribution in [0.15, 0.2) is 0 Å². The first kappa shape index (κ1) is 21.0. The van der Waals surface area contributed by atoms with Crippen molar-refractivity contribution in [3.63, 3.8) is 0 Å². The van der Waals surface area contributed by atoms with E-state index in [1.807, 2.05) is 0 Å². The maximum Gasteiger partial charge on any atom is -0.00218 e. The van der Waals surface area contributed by atoms with Crippen LogP contribution >= 0.6 is 0 Å². The van der Waals surface area contributed by atoms with Gasteiger partial charge in [0.15, 0.2) is 0 Å². The first-order chi connectivity index (χ1) is 10.3. The summed E-state index contributed by atoms with van der Waals surface area (Å²) in [6.45, 7) is 7.16. The van der Waals surface area contributed by atoms with Crippen LogP contribution in [0.2, 0.25) is 0 Å². The van der Waals surface area contributed by atoms with Crippen molar-refractivity contribution in [2.75, 3.05) is 20.1 Å². The molecule has 0 saturated heterocycles. The molecule has 0 aliphatic heterocycles. The molecule has 0 aliphatic rings. The van der Waals surface area contributed by atoms with Crippen LogP contribution in [0, 0.1) is 0 Å². The minimum Gasteiger partial charge on any atom is -0.306 e. The van der Waals surface area contributed by atoms with Crippen molar-refractivity contribution in [3.8, 4) is 0 Å². The highest BCUT2D eigenvalue weighted by Gasteiger charge is 1.97. The van der Waals surface area contributed by atoms with Crippen LogP contribution in [-0.4, -0.2) is 25.0 Å². The predicted octanol–water partition coefficient (Wildman–Crippen LogP) is 6.81. The molecule has 0 aromatic heterocycles. The fourth-order valence-electron chi connectivity index (χ4n) is 2.94. The average molecular weight is 298 g/mol. The molecule has 0 aromatic carbocycles. The minimum absolute atomic E-state index is 1.29. The number of hydrogen-bond donors (Lipinski definition) is 0. The highest BCUT2D eigenvalue weighted by Crippen LogP contribution is 2.12. The van der Waals surface area contributed by atoms with Crippen LogP contribution in [0.4, 0.5) is 0 Å². The molecule has 0 radical (unpaired) electrons. The topological polar surface area (TPSA) is 3.24 Å². The zero-order valence-corrected chi connectivity index (χ0v) is 15.5. The zero-order chi connectivity index (χ0) is 15.6. The highest BCUT2D eigenvalue weighted by atomic mass is 15.1. The SMILES string of the molecule is CCCCCCCCCCCCCCCN(C)CCCC. The van der Waals surface area contributed by atoms with Crippen molar-refractivity contribution in [2.24, 2.45) is 0 Å². The van der Waals surface area contributed by atoms with E-state index in [1.165, 1.54) is 109 Å². The van der Waals surface area contributed by atoms with E-state index in [4.69, 9.17) is 0 Å². The third kappa shape index (κ3) is 17.9. The van der Waals surface area contributed by atoms with Gasteiger partial charge in [-0.1, -0.05) is 97.3 Å². The van der Waals surface area contributed by atoms with Gasteiger partial charge in [-0.3, -0.25) is 0 Å². The highest BCUT2D eigenvalue weighted by molar-refractivity contribution is 4.53. The first-order valence-electron chi connectivity index (χ1n) is 9.99. The second-order valence-electron chi connectivity index (χ2n) is 6.90. The van der Waals surface area contributed by atoms with Crippen LogP contribution in [0.1, 0.15) is 110 Å². The van der Waals surface area contributed by atoms with Gasteiger partial charge in [0, 0.05) is 0 Å². The summed E-state index contributed by atoms with van der Waals surface area (Å²) in [5.74, 6) is 0. The van der Waals surface area contributed by atoms with Crippen LogP contribution in [0.25, 0.3) is 0 Å². The molecule has 0 bridgehead atoms. The molecular formula is C20H43N. The Labute approximate surface area is 135 Å². The summed E-state index contributed by atoms with van der Waals surface area (Å²) in [7, 11) is 2.27. The van der Waals surface area contributed by atoms with E-state index in [9.17, 15) is 0 Å². The van der Waals surface area contributed by atoms with Gasteiger partial charge < -0.3 is 4.90 Å². The molecular weight excluding hydrogens is 254 g/mol. The Hall–Kier alpha value is -0.0400. The molecule has 1 nitrogen and oxygen atoms in total. The van der Waals surface area contributed by atoms with Crippen molar-refractivity contribution in [1.82, 2.24) is 4.90 Å². The fraction of sp³-hybridized carbons (Fsp3) is 1.00. The molecule has 0 aromatic rings. The molecule has 0 unspecified atom stereocenters. The van der Waals surface area contributed by atoms with E-state index in [-0.39, 0.29) is 0 Å². The van der Waals surface area contributed by atoms with Gasteiger partial charge in [0.1, 0.15) is 0 Å². The Bertz CT molecular complexity index is 179. The number of nitrogens with zero attached hydrogens (tertiary/aromatic N) is 1. The molecule has 128 valence electrons. The molecule has 0 spiro atoms. The Morgan fingerprint density at radius 2 is 0.762 bits per heavy atom. The molecule has 1 heteroatoms. The van der Waals surface area contributed by atoms with Crippen molar-refractivity contribution < 1.29 is 0 Å². The Morgan fingerprint density at radius 1 is 0.429 bits per heavy atom.